The number of para-hydroxylation sites is 1. The SMILES string of the molecule is CCC(C)CCOc1ccccc1. The lowest BCUT2D eigenvalue weighted by Gasteiger charge is -2.09. The zero-order valence-corrected chi connectivity index (χ0v) is 8.49. The largest absolute Gasteiger partial charge is 0.494 e. The van der Waals surface area contributed by atoms with Crippen LogP contribution in [-0.2, 0) is 0 Å². The van der Waals surface area contributed by atoms with Crippen LogP contribution in [0.15, 0.2) is 30.3 Å². The van der Waals surface area contributed by atoms with Crippen LogP contribution in [-0.4, -0.2) is 6.61 Å². The van der Waals surface area contributed by atoms with E-state index in [9.17, 15) is 0 Å². The predicted molar refractivity (Wildman–Crippen MR) is 56.0 cm³/mol. The first kappa shape index (κ1) is 10.1. The van der Waals surface area contributed by atoms with Crippen molar-refractivity contribution in [2.75, 3.05) is 6.61 Å². The van der Waals surface area contributed by atoms with E-state index < -0.39 is 0 Å². The average Bonchev–Trinajstić information content (AvgIpc) is 2.19. The standard InChI is InChI=1S/C12H18O/c1-3-11(2)9-10-13-12-7-5-4-6-8-12/h4-8,11H,3,9-10H2,1-2H3. The second-order valence-corrected chi connectivity index (χ2v) is 3.46. The molecule has 0 aliphatic rings. The van der Waals surface area contributed by atoms with E-state index in [2.05, 4.69) is 13.8 Å². The maximum Gasteiger partial charge on any atom is 0.119 e. The molecule has 0 spiro atoms. The zero-order chi connectivity index (χ0) is 9.52. The Labute approximate surface area is 80.7 Å². The van der Waals surface area contributed by atoms with Gasteiger partial charge in [0.05, 0.1) is 6.61 Å². The van der Waals surface area contributed by atoms with Gasteiger partial charge in [-0.3, -0.25) is 0 Å². The summed E-state index contributed by atoms with van der Waals surface area (Å²) in [6, 6.07) is 9.99. The van der Waals surface area contributed by atoms with Crippen molar-refractivity contribution in [2.45, 2.75) is 26.7 Å². The molecule has 0 heterocycles. The summed E-state index contributed by atoms with van der Waals surface area (Å²) >= 11 is 0. The van der Waals surface area contributed by atoms with E-state index in [1.54, 1.807) is 0 Å². The van der Waals surface area contributed by atoms with Crippen molar-refractivity contribution in [3.63, 3.8) is 0 Å². The van der Waals surface area contributed by atoms with Gasteiger partial charge in [0.2, 0.25) is 0 Å². The van der Waals surface area contributed by atoms with E-state index in [1.165, 1.54) is 6.42 Å². The average molecular weight is 178 g/mol. The predicted octanol–water partition coefficient (Wildman–Crippen LogP) is 3.50. The molecule has 0 aliphatic heterocycles. The van der Waals surface area contributed by atoms with Crippen LogP contribution in [0.2, 0.25) is 0 Å². The van der Waals surface area contributed by atoms with Crippen LogP contribution in [0, 0.1) is 5.92 Å². The minimum Gasteiger partial charge on any atom is -0.494 e. The third kappa shape index (κ3) is 3.97. The molecule has 1 aromatic rings. The Kier molecular flexibility index (Phi) is 4.37. The minimum absolute atomic E-state index is 0.767. The molecule has 72 valence electrons. The molecular weight excluding hydrogens is 160 g/mol. The molecule has 0 aromatic heterocycles. The highest BCUT2D eigenvalue weighted by Gasteiger charge is 1.98. The van der Waals surface area contributed by atoms with Gasteiger partial charge in [-0.15, -0.1) is 0 Å². The first-order valence-corrected chi connectivity index (χ1v) is 5.00. The lowest BCUT2D eigenvalue weighted by atomic mass is 10.1. The summed E-state index contributed by atoms with van der Waals surface area (Å²) in [5.74, 6) is 1.74. The van der Waals surface area contributed by atoms with Crippen molar-refractivity contribution in [3.05, 3.63) is 30.3 Å². The number of ether oxygens (including phenoxy) is 1. The number of hydrogen-bond acceptors (Lipinski definition) is 1. The molecule has 0 amide bonds. The van der Waals surface area contributed by atoms with E-state index in [1.807, 2.05) is 30.3 Å². The third-order valence-electron chi connectivity index (χ3n) is 2.32. The molecule has 0 saturated heterocycles. The highest BCUT2D eigenvalue weighted by molar-refractivity contribution is 5.20. The quantitative estimate of drug-likeness (QED) is 0.670. The highest BCUT2D eigenvalue weighted by atomic mass is 16.5. The van der Waals surface area contributed by atoms with Gasteiger partial charge in [0, 0.05) is 0 Å². The summed E-state index contributed by atoms with van der Waals surface area (Å²) in [5.41, 5.74) is 0. The van der Waals surface area contributed by atoms with E-state index in [0.717, 1.165) is 24.7 Å². The maximum absolute atomic E-state index is 5.58. The van der Waals surface area contributed by atoms with Crippen LogP contribution in [0.4, 0.5) is 0 Å². The normalized spacial score (nSPS) is 12.5. The maximum atomic E-state index is 5.58. The van der Waals surface area contributed by atoms with E-state index >= 15 is 0 Å². The highest BCUT2D eigenvalue weighted by Crippen LogP contribution is 2.11. The van der Waals surface area contributed by atoms with Gasteiger partial charge in [0.1, 0.15) is 5.75 Å². The van der Waals surface area contributed by atoms with Crippen molar-refractivity contribution in [1.82, 2.24) is 0 Å². The fraction of sp³-hybridized carbons (Fsp3) is 0.500. The Morgan fingerprint density at radius 1 is 1.23 bits per heavy atom. The van der Waals surface area contributed by atoms with E-state index in [-0.39, 0.29) is 0 Å². The first-order chi connectivity index (χ1) is 6.33. The Morgan fingerprint density at radius 3 is 2.54 bits per heavy atom. The molecule has 0 fully saturated rings. The first-order valence-electron chi connectivity index (χ1n) is 5.00. The summed E-state index contributed by atoms with van der Waals surface area (Å²) in [6.45, 7) is 5.31. The van der Waals surface area contributed by atoms with Gasteiger partial charge in [0.25, 0.3) is 0 Å². The second kappa shape index (κ2) is 5.63. The molecule has 1 atom stereocenters. The molecule has 1 aromatic carbocycles. The van der Waals surface area contributed by atoms with Crippen molar-refractivity contribution < 1.29 is 4.74 Å². The van der Waals surface area contributed by atoms with Crippen LogP contribution < -0.4 is 4.74 Å². The summed E-state index contributed by atoms with van der Waals surface area (Å²) < 4.78 is 5.58. The molecule has 1 heteroatoms. The Hall–Kier alpha value is -0.980. The van der Waals surface area contributed by atoms with E-state index in [0.29, 0.717) is 0 Å². The second-order valence-electron chi connectivity index (χ2n) is 3.46. The molecule has 0 saturated carbocycles. The molecule has 0 radical (unpaired) electrons. The number of benzene rings is 1. The molecular formula is C12H18O. The van der Waals surface area contributed by atoms with Crippen LogP contribution in [0.25, 0.3) is 0 Å². The molecule has 13 heavy (non-hydrogen) atoms. The molecule has 0 N–H and O–H groups in total. The minimum atomic E-state index is 0.767. The number of hydrogen-bond donors (Lipinski definition) is 0. The van der Waals surface area contributed by atoms with Crippen molar-refractivity contribution in [3.8, 4) is 5.75 Å². The Balaban J connectivity index is 2.20. The Morgan fingerprint density at radius 2 is 1.92 bits per heavy atom. The zero-order valence-electron chi connectivity index (χ0n) is 8.49. The van der Waals surface area contributed by atoms with Gasteiger partial charge in [-0.2, -0.15) is 0 Å². The lowest BCUT2D eigenvalue weighted by molar-refractivity contribution is 0.281. The van der Waals surface area contributed by atoms with Crippen LogP contribution in [0.5, 0.6) is 5.75 Å². The lowest BCUT2D eigenvalue weighted by Crippen LogP contribution is -2.02. The van der Waals surface area contributed by atoms with Crippen LogP contribution in [0.1, 0.15) is 26.7 Å². The summed E-state index contributed by atoms with van der Waals surface area (Å²) in [7, 11) is 0. The summed E-state index contributed by atoms with van der Waals surface area (Å²) in [4.78, 5) is 0. The van der Waals surface area contributed by atoms with Gasteiger partial charge in [-0.05, 0) is 24.5 Å². The fourth-order valence-corrected chi connectivity index (χ4v) is 1.10. The molecule has 0 bridgehead atoms. The van der Waals surface area contributed by atoms with Gasteiger partial charge < -0.3 is 4.74 Å². The summed E-state index contributed by atoms with van der Waals surface area (Å²) in [6.07, 6.45) is 2.38. The van der Waals surface area contributed by atoms with Gasteiger partial charge in [-0.1, -0.05) is 38.5 Å². The summed E-state index contributed by atoms with van der Waals surface area (Å²) in [5, 5.41) is 0. The van der Waals surface area contributed by atoms with Crippen molar-refractivity contribution >= 4 is 0 Å². The number of rotatable bonds is 5. The van der Waals surface area contributed by atoms with Gasteiger partial charge in [0.15, 0.2) is 0 Å². The van der Waals surface area contributed by atoms with Crippen LogP contribution >= 0.6 is 0 Å². The van der Waals surface area contributed by atoms with Crippen LogP contribution in [0.3, 0.4) is 0 Å². The third-order valence-corrected chi connectivity index (χ3v) is 2.32. The molecule has 1 rings (SSSR count). The molecule has 1 nitrogen and oxygen atoms in total. The van der Waals surface area contributed by atoms with Gasteiger partial charge in [-0.25, -0.2) is 0 Å². The smallest absolute Gasteiger partial charge is 0.119 e. The van der Waals surface area contributed by atoms with E-state index in [4.69, 9.17) is 4.74 Å². The monoisotopic (exact) mass is 178 g/mol. The topological polar surface area (TPSA) is 9.23 Å². The van der Waals surface area contributed by atoms with Crippen molar-refractivity contribution in [2.24, 2.45) is 5.92 Å². The molecule has 1 unspecified atom stereocenters. The Bertz CT molecular complexity index is 218. The fourth-order valence-electron chi connectivity index (χ4n) is 1.10. The molecule has 0 aliphatic carbocycles. The van der Waals surface area contributed by atoms with Gasteiger partial charge >= 0.3 is 0 Å². The van der Waals surface area contributed by atoms with Crippen molar-refractivity contribution in [1.29, 1.82) is 0 Å².